The minimum absolute atomic E-state index is 0.165. The summed E-state index contributed by atoms with van der Waals surface area (Å²) in [6.45, 7) is 3.76. The van der Waals surface area contributed by atoms with Gasteiger partial charge in [-0.25, -0.2) is 0 Å². The summed E-state index contributed by atoms with van der Waals surface area (Å²) in [4.78, 5) is 18.7. The Bertz CT molecular complexity index is 738. The Morgan fingerprint density at radius 2 is 2.33 bits per heavy atom. The fourth-order valence-corrected chi connectivity index (χ4v) is 3.09. The Hall–Kier alpha value is -2.54. The van der Waals surface area contributed by atoms with Crippen LogP contribution in [-0.2, 0) is 22.4 Å². The van der Waals surface area contributed by atoms with Crippen molar-refractivity contribution in [2.24, 2.45) is 4.99 Å². The van der Waals surface area contributed by atoms with Crippen molar-refractivity contribution in [3.8, 4) is 11.8 Å². The molecule has 0 spiro atoms. The van der Waals surface area contributed by atoms with Crippen LogP contribution in [0.3, 0.4) is 0 Å². The van der Waals surface area contributed by atoms with Crippen LogP contribution in [0.2, 0.25) is 0 Å². The molecule has 24 heavy (non-hydrogen) atoms. The number of anilines is 1. The lowest BCUT2D eigenvalue weighted by atomic mass is 9.98. The number of rotatable bonds is 5. The second-order valence-electron chi connectivity index (χ2n) is 6.00. The van der Waals surface area contributed by atoms with Crippen molar-refractivity contribution in [3.63, 3.8) is 0 Å². The molecule has 0 aliphatic carbocycles. The second kappa shape index (κ2) is 7.83. The third-order valence-corrected chi connectivity index (χ3v) is 4.26. The van der Waals surface area contributed by atoms with Crippen LogP contribution in [0.5, 0.6) is 0 Å². The predicted octanol–water partition coefficient (Wildman–Crippen LogP) is 2.91. The van der Waals surface area contributed by atoms with Gasteiger partial charge in [0, 0.05) is 24.9 Å². The number of nitrogens with zero attached hydrogens (tertiary/aromatic N) is 2. The highest BCUT2D eigenvalue weighted by Crippen LogP contribution is 2.29. The standard InChI is InChI=1S/C20H22N2O2/c1-2-3-12-24-20(23)14-16-8-9-17-6-5-11-22(19(17)13-16)15-18-7-4-10-21-18/h7-10,13H,4-6,11-12,14-15H2,1H3. The van der Waals surface area contributed by atoms with E-state index in [2.05, 4.69) is 39.9 Å². The lowest BCUT2D eigenvalue weighted by molar-refractivity contribution is -0.141. The van der Waals surface area contributed by atoms with Crippen molar-refractivity contribution in [1.82, 2.24) is 0 Å². The van der Waals surface area contributed by atoms with Gasteiger partial charge in [0.2, 0.25) is 0 Å². The molecule has 2 heterocycles. The average Bonchev–Trinajstić information content (AvgIpc) is 3.09. The summed E-state index contributed by atoms with van der Waals surface area (Å²) in [5, 5.41) is 0. The van der Waals surface area contributed by atoms with E-state index < -0.39 is 0 Å². The van der Waals surface area contributed by atoms with Gasteiger partial charge in [-0.1, -0.05) is 24.1 Å². The van der Waals surface area contributed by atoms with Gasteiger partial charge in [0.1, 0.15) is 0 Å². The summed E-state index contributed by atoms with van der Waals surface area (Å²) >= 11 is 0. The molecule has 0 atom stereocenters. The van der Waals surface area contributed by atoms with Crippen LogP contribution in [0.15, 0.2) is 35.0 Å². The molecule has 1 aromatic rings. The van der Waals surface area contributed by atoms with Gasteiger partial charge >= 0.3 is 5.97 Å². The molecular weight excluding hydrogens is 300 g/mol. The van der Waals surface area contributed by atoms with Crippen molar-refractivity contribution in [1.29, 1.82) is 0 Å². The van der Waals surface area contributed by atoms with Crippen molar-refractivity contribution < 1.29 is 9.53 Å². The monoisotopic (exact) mass is 322 g/mol. The van der Waals surface area contributed by atoms with Crippen LogP contribution in [0.1, 0.15) is 30.9 Å². The Labute approximate surface area is 143 Å². The third kappa shape index (κ3) is 4.05. The number of fused-ring (bicyclic) bond motifs is 1. The predicted molar refractivity (Wildman–Crippen MR) is 96.3 cm³/mol. The molecule has 3 rings (SSSR count). The number of hydrogen-bond acceptors (Lipinski definition) is 4. The normalized spacial score (nSPS) is 15.4. The molecule has 0 unspecified atom stereocenters. The zero-order valence-electron chi connectivity index (χ0n) is 14.0. The van der Waals surface area contributed by atoms with Crippen LogP contribution < -0.4 is 4.90 Å². The molecule has 0 aromatic heterocycles. The molecule has 0 amide bonds. The van der Waals surface area contributed by atoms with E-state index in [0.29, 0.717) is 0 Å². The second-order valence-corrected chi connectivity index (χ2v) is 6.00. The first kappa shape index (κ1) is 16.3. The van der Waals surface area contributed by atoms with Gasteiger partial charge in [0.15, 0.2) is 6.61 Å². The van der Waals surface area contributed by atoms with E-state index in [0.717, 1.165) is 43.6 Å². The zero-order chi connectivity index (χ0) is 16.8. The van der Waals surface area contributed by atoms with Crippen molar-refractivity contribution in [3.05, 3.63) is 41.1 Å². The van der Waals surface area contributed by atoms with Crippen LogP contribution in [0.25, 0.3) is 0 Å². The first-order valence-electron chi connectivity index (χ1n) is 8.40. The highest BCUT2D eigenvalue weighted by Gasteiger charge is 2.19. The van der Waals surface area contributed by atoms with E-state index in [1.165, 1.54) is 11.3 Å². The van der Waals surface area contributed by atoms with Crippen LogP contribution >= 0.6 is 0 Å². The molecule has 2 aliphatic heterocycles. The SMILES string of the molecule is CC#CCOC(=O)Cc1ccc2c(c1)N(CC1=CCC=N1)CCC2. The maximum atomic E-state index is 11.9. The Morgan fingerprint density at radius 3 is 3.12 bits per heavy atom. The Morgan fingerprint density at radius 1 is 1.42 bits per heavy atom. The number of esters is 1. The van der Waals surface area contributed by atoms with E-state index in [-0.39, 0.29) is 19.0 Å². The fourth-order valence-electron chi connectivity index (χ4n) is 3.09. The van der Waals surface area contributed by atoms with Crippen LogP contribution in [0, 0.1) is 11.8 Å². The molecule has 124 valence electrons. The number of carbonyl (C=O) groups excluding carboxylic acids is 1. The molecule has 0 fully saturated rings. The van der Waals surface area contributed by atoms with E-state index in [1.807, 2.05) is 12.3 Å². The topological polar surface area (TPSA) is 41.9 Å². The number of benzene rings is 1. The number of ether oxygens (including phenoxy) is 1. The average molecular weight is 322 g/mol. The van der Waals surface area contributed by atoms with Gasteiger partial charge in [-0.3, -0.25) is 9.79 Å². The molecule has 0 saturated heterocycles. The summed E-state index contributed by atoms with van der Waals surface area (Å²) in [6.07, 6.45) is 7.58. The lowest BCUT2D eigenvalue weighted by Crippen LogP contribution is -2.31. The fraction of sp³-hybridized carbons (Fsp3) is 0.400. The third-order valence-electron chi connectivity index (χ3n) is 4.26. The smallest absolute Gasteiger partial charge is 0.311 e. The van der Waals surface area contributed by atoms with Gasteiger partial charge in [0.25, 0.3) is 0 Å². The van der Waals surface area contributed by atoms with E-state index in [4.69, 9.17) is 4.74 Å². The Kier molecular flexibility index (Phi) is 5.32. The van der Waals surface area contributed by atoms with Crippen LogP contribution in [-0.4, -0.2) is 31.9 Å². The molecule has 4 nitrogen and oxygen atoms in total. The minimum atomic E-state index is -0.233. The molecule has 0 saturated carbocycles. The lowest BCUT2D eigenvalue weighted by Gasteiger charge is -2.31. The molecule has 2 aliphatic rings. The minimum Gasteiger partial charge on any atom is -0.452 e. The van der Waals surface area contributed by atoms with Gasteiger partial charge in [-0.15, -0.1) is 5.92 Å². The van der Waals surface area contributed by atoms with E-state index in [9.17, 15) is 4.79 Å². The zero-order valence-corrected chi connectivity index (χ0v) is 14.0. The highest BCUT2D eigenvalue weighted by atomic mass is 16.5. The first-order chi connectivity index (χ1) is 11.8. The van der Waals surface area contributed by atoms with Gasteiger partial charge in [0.05, 0.1) is 18.7 Å². The molecule has 1 aromatic carbocycles. The highest BCUT2D eigenvalue weighted by molar-refractivity contribution is 5.74. The summed E-state index contributed by atoms with van der Waals surface area (Å²) < 4.78 is 5.11. The number of hydrogen-bond donors (Lipinski definition) is 0. The largest absolute Gasteiger partial charge is 0.452 e. The van der Waals surface area contributed by atoms with Gasteiger partial charge in [-0.2, -0.15) is 0 Å². The van der Waals surface area contributed by atoms with Crippen LogP contribution in [0.4, 0.5) is 5.69 Å². The molecular formula is C20H22N2O2. The van der Waals surface area contributed by atoms with Crippen molar-refractivity contribution in [2.75, 3.05) is 24.6 Å². The quantitative estimate of drug-likeness (QED) is 0.618. The molecule has 0 N–H and O–H groups in total. The van der Waals surface area contributed by atoms with Crippen molar-refractivity contribution in [2.45, 2.75) is 32.6 Å². The first-order valence-corrected chi connectivity index (χ1v) is 8.40. The van der Waals surface area contributed by atoms with E-state index >= 15 is 0 Å². The summed E-state index contributed by atoms with van der Waals surface area (Å²) in [5.74, 6) is 5.23. The Balaban J connectivity index is 1.71. The maximum absolute atomic E-state index is 11.9. The maximum Gasteiger partial charge on any atom is 0.311 e. The van der Waals surface area contributed by atoms with Gasteiger partial charge in [-0.05, 0) is 37.0 Å². The number of aliphatic imine (C=N–C) groups is 1. The summed E-state index contributed by atoms with van der Waals surface area (Å²) in [6, 6.07) is 6.30. The molecule has 4 heteroatoms. The number of aryl methyl sites for hydroxylation is 1. The number of carbonyl (C=O) groups is 1. The summed E-state index contributed by atoms with van der Waals surface area (Å²) in [7, 11) is 0. The van der Waals surface area contributed by atoms with E-state index in [1.54, 1.807) is 6.92 Å². The summed E-state index contributed by atoms with van der Waals surface area (Å²) in [5.41, 5.74) is 4.69. The van der Waals surface area contributed by atoms with Gasteiger partial charge < -0.3 is 9.64 Å². The van der Waals surface area contributed by atoms with Crippen molar-refractivity contribution >= 4 is 17.9 Å². The molecule has 0 bridgehead atoms. The number of allylic oxidation sites excluding steroid dienone is 1. The molecule has 0 radical (unpaired) electrons.